The van der Waals surface area contributed by atoms with Gasteiger partial charge in [0, 0.05) is 32.1 Å². The van der Waals surface area contributed by atoms with E-state index in [0.29, 0.717) is 30.2 Å². The molecule has 3 fully saturated rings. The molecular weight excluding hydrogens is 437 g/mol. The van der Waals surface area contributed by atoms with Crippen LogP contribution in [0, 0.1) is 0 Å². The topological polar surface area (TPSA) is 76.6 Å². The number of nitrogens with one attached hydrogen (secondary N) is 1. The third kappa shape index (κ3) is 4.90. The summed E-state index contributed by atoms with van der Waals surface area (Å²) in [4.78, 5) is 23.2. The van der Waals surface area contributed by atoms with Crippen LogP contribution >= 0.6 is 0 Å². The fraction of sp³-hybridized carbons (Fsp3) is 0.522. The quantitative estimate of drug-likeness (QED) is 0.692. The van der Waals surface area contributed by atoms with Crippen molar-refractivity contribution in [1.29, 1.82) is 0 Å². The van der Waals surface area contributed by atoms with Crippen molar-refractivity contribution in [2.75, 3.05) is 25.1 Å². The SMILES string of the molecule is O=C(c1cnc(NCc2cc(OC(F)(F)F)cc(C3CC3)c2)nc1)N1CCC12CCCOC2. The molecule has 33 heavy (non-hydrogen) atoms. The Balaban J connectivity index is 1.23. The van der Waals surface area contributed by atoms with E-state index in [1.54, 1.807) is 0 Å². The number of nitrogens with zero attached hydrogens (tertiary/aromatic N) is 3. The Bertz CT molecular complexity index is 1020. The second-order valence-electron chi connectivity index (χ2n) is 8.97. The first-order valence-electron chi connectivity index (χ1n) is 11.2. The molecule has 5 rings (SSSR count). The second kappa shape index (κ2) is 8.48. The fourth-order valence-electron chi connectivity index (χ4n) is 4.60. The third-order valence-corrected chi connectivity index (χ3v) is 6.54. The lowest BCUT2D eigenvalue weighted by molar-refractivity contribution is -0.274. The molecule has 1 aromatic carbocycles. The van der Waals surface area contributed by atoms with Crippen LogP contribution in [0.3, 0.4) is 0 Å². The third-order valence-electron chi connectivity index (χ3n) is 6.54. The highest BCUT2D eigenvalue weighted by atomic mass is 19.4. The number of carbonyl (C=O) groups is 1. The van der Waals surface area contributed by atoms with E-state index in [-0.39, 0.29) is 29.7 Å². The first-order chi connectivity index (χ1) is 15.8. The van der Waals surface area contributed by atoms with Gasteiger partial charge in [0.2, 0.25) is 5.95 Å². The molecule has 0 radical (unpaired) electrons. The van der Waals surface area contributed by atoms with Gasteiger partial charge in [-0.2, -0.15) is 0 Å². The summed E-state index contributed by atoms with van der Waals surface area (Å²) in [5.41, 5.74) is 1.68. The summed E-state index contributed by atoms with van der Waals surface area (Å²) in [6, 6.07) is 4.69. The number of alkyl halides is 3. The minimum atomic E-state index is -4.74. The molecule has 2 saturated heterocycles. The van der Waals surface area contributed by atoms with E-state index in [9.17, 15) is 18.0 Å². The van der Waals surface area contributed by atoms with Gasteiger partial charge >= 0.3 is 6.36 Å². The summed E-state index contributed by atoms with van der Waals surface area (Å²) in [6.07, 6.45) is 2.98. The maximum absolute atomic E-state index is 12.9. The number of ether oxygens (including phenoxy) is 2. The van der Waals surface area contributed by atoms with Crippen molar-refractivity contribution in [3.63, 3.8) is 0 Å². The molecule has 1 spiro atoms. The number of anilines is 1. The molecule has 1 aromatic heterocycles. The number of carbonyl (C=O) groups excluding carboxylic acids is 1. The smallest absolute Gasteiger partial charge is 0.406 e. The van der Waals surface area contributed by atoms with Gasteiger partial charge in [0.25, 0.3) is 5.91 Å². The zero-order valence-corrected chi connectivity index (χ0v) is 18.0. The van der Waals surface area contributed by atoms with Crippen LogP contribution in [0.1, 0.15) is 59.5 Å². The van der Waals surface area contributed by atoms with Crippen molar-refractivity contribution in [2.24, 2.45) is 0 Å². The minimum absolute atomic E-state index is 0.107. The van der Waals surface area contributed by atoms with Crippen LogP contribution in [0.15, 0.2) is 30.6 Å². The van der Waals surface area contributed by atoms with Crippen molar-refractivity contribution < 1.29 is 27.4 Å². The maximum Gasteiger partial charge on any atom is 0.573 e. The molecule has 176 valence electrons. The molecule has 1 saturated carbocycles. The number of hydrogen-bond acceptors (Lipinski definition) is 6. The molecule has 7 nitrogen and oxygen atoms in total. The first-order valence-corrected chi connectivity index (χ1v) is 11.2. The van der Waals surface area contributed by atoms with E-state index in [2.05, 4.69) is 20.0 Å². The summed E-state index contributed by atoms with van der Waals surface area (Å²) in [5.74, 6) is 0.243. The van der Waals surface area contributed by atoms with E-state index in [1.807, 2.05) is 11.0 Å². The summed E-state index contributed by atoms with van der Waals surface area (Å²) in [6.45, 7) is 2.23. The monoisotopic (exact) mass is 462 g/mol. The molecule has 2 aromatic rings. The Labute approximate surface area is 189 Å². The number of hydrogen-bond donors (Lipinski definition) is 1. The molecule has 3 aliphatic rings. The lowest BCUT2D eigenvalue weighted by Crippen LogP contribution is -2.65. The van der Waals surface area contributed by atoms with Crippen LogP contribution in [-0.2, 0) is 11.3 Å². The number of amides is 1. The highest BCUT2D eigenvalue weighted by molar-refractivity contribution is 5.94. The van der Waals surface area contributed by atoms with Crippen molar-refractivity contribution >= 4 is 11.9 Å². The Morgan fingerprint density at radius 3 is 2.61 bits per heavy atom. The molecule has 1 atom stereocenters. The normalized spacial score (nSPS) is 22.7. The van der Waals surface area contributed by atoms with Crippen molar-refractivity contribution in [2.45, 2.75) is 56.5 Å². The Hall–Kier alpha value is -2.88. The average molecular weight is 462 g/mol. The molecular formula is C23H25F3N4O3. The van der Waals surface area contributed by atoms with Gasteiger partial charge < -0.3 is 19.7 Å². The van der Waals surface area contributed by atoms with Crippen LogP contribution in [0.4, 0.5) is 19.1 Å². The van der Waals surface area contributed by atoms with Crippen LogP contribution in [0.25, 0.3) is 0 Å². The zero-order valence-electron chi connectivity index (χ0n) is 18.0. The highest BCUT2D eigenvalue weighted by Crippen LogP contribution is 2.42. The zero-order chi connectivity index (χ0) is 23.1. The maximum atomic E-state index is 12.9. The minimum Gasteiger partial charge on any atom is -0.406 e. The van der Waals surface area contributed by atoms with Gasteiger partial charge in [-0.25, -0.2) is 9.97 Å². The highest BCUT2D eigenvalue weighted by Gasteiger charge is 2.48. The Kier molecular flexibility index (Phi) is 5.64. The summed E-state index contributed by atoms with van der Waals surface area (Å²) >= 11 is 0. The van der Waals surface area contributed by atoms with Gasteiger partial charge in [-0.3, -0.25) is 4.79 Å². The van der Waals surface area contributed by atoms with Gasteiger partial charge in [0.15, 0.2) is 0 Å². The number of benzene rings is 1. The molecule has 1 aliphatic carbocycles. The largest absolute Gasteiger partial charge is 0.573 e. The first kappa shape index (κ1) is 21.9. The van der Waals surface area contributed by atoms with Gasteiger partial charge in [-0.15, -0.1) is 13.2 Å². The summed E-state index contributed by atoms with van der Waals surface area (Å²) in [7, 11) is 0. The van der Waals surface area contributed by atoms with Crippen LogP contribution in [0.2, 0.25) is 0 Å². The molecule has 0 bridgehead atoms. The summed E-state index contributed by atoms with van der Waals surface area (Å²) < 4.78 is 47.8. The van der Waals surface area contributed by atoms with Crippen LogP contribution in [-0.4, -0.2) is 52.4 Å². The van der Waals surface area contributed by atoms with E-state index < -0.39 is 6.36 Å². The molecule has 1 unspecified atom stereocenters. The fourth-order valence-corrected chi connectivity index (χ4v) is 4.60. The second-order valence-corrected chi connectivity index (χ2v) is 8.97. The van der Waals surface area contributed by atoms with Gasteiger partial charge in [0.1, 0.15) is 5.75 Å². The van der Waals surface area contributed by atoms with E-state index in [0.717, 1.165) is 44.3 Å². The average Bonchev–Trinajstić information content (AvgIpc) is 3.62. The Morgan fingerprint density at radius 1 is 1.21 bits per heavy atom. The van der Waals surface area contributed by atoms with E-state index in [4.69, 9.17) is 4.74 Å². The predicted octanol–water partition coefficient (Wildman–Crippen LogP) is 4.26. The summed E-state index contributed by atoms with van der Waals surface area (Å²) in [5, 5.41) is 3.01. The van der Waals surface area contributed by atoms with Crippen LogP contribution < -0.4 is 10.1 Å². The van der Waals surface area contributed by atoms with Gasteiger partial charge in [0.05, 0.1) is 17.7 Å². The van der Waals surface area contributed by atoms with Crippen LogP contribution in [0.5, 0.6) is 5.75 Å². The predicted molar refractivity (Wildman–Crippen MR) is 113 cm³/mol. The molecule has 3 heterocycles. The van der Waals surface area contributed by atoms with Crippen molar-refractivity contribution in [1.82, 2.24) is 14.9 Å². The number of rotatable bonds is 6. The molecule has 2 aliphatic heterocycles. The Morgan fingerprint density at radius 2 is 2.00 bits per heavy atom. The molecule has 1 N–H and O–H groups in total. The lowest BCUT2D eigenvalue weighted by Gasteiger charge is -2.54. The number of halogens is 3. The van der Waals surface area contributed by atoms with E-state index >= 15 is 0 Å². The lowest BCUT2D eigenvalue weighted by atomic mass is 9.79. The van der Waals surface area contributed by atoms with Crippen molar-refractivity contribution in [3.8, 4) is 5.75 Å². The molecule has 1 amide bonds. The van der Waals surface area contributed by atoms with Gasteiger partial charge in [-0.05, 0) is 61.3 Å². The van der Waals surface area contributed by atoms with E-state index in [1.165, 1.54) is 24.5 Å². The number of aromatic nitrogens is 2. The van der Waals surface area contributed by atoms with Gasteiger partial charge in [-0.1, -0.05) is 6.07 Å². The molecule has 10 heteroatoms. The van der Waals surface area contributed by atoms with Crippen molar-refractivity contribution in [3.05, 3.63) is 47.3 Å². The number of likely N-dealkylation sites (tertiary alicyclic amines) is 1. The standard InChI is InChI=1S/C23H25F3N4O3/c24-23(25,26)33-19-9-15(8-17(10-19)16-2-3-16)11-27-21-28-12-18(13-29-21)20(31)30-6-5-22(30)4-1-7-32-14-22/h8-10,12-13,16H,1-7,11,14H2,(H,27,28,29).